The first-order chi connectivity index (χ1) is 16.4. The molecule has 10 heteroatoms. The summed E-state index contributed by atoms with van der Waals surface area (Å²) in [7, 11) is -3.68. The number of ether oxygens (including phenoxy) is 1. The van der Waals surface area contributed by atoms with Gasteiger partial charge >= 0.3 is 0 Å². The van der Waals surface area contributed by atoms with E-state index in [-0.39, 0.29) is 29.7 Å². The molecule has 0 aliphatic carbocycles. The highest BCUT2D eigenvalue weighted by Crippen LogP contribution is 2.19. The topological polar surface area (TPSA) is 97.4 Å². The summed E-state index contributed by atoms with van der Waals surface area (Å²) in [4.78, 5) is 17.6. The molecular formula is C24H20FN3O4S2. The molecule has 0 unspecified atom stereocenters. The molecule has 4 aromatic rings. The van der Waals surface area contributed by atoms with E-state index >= 15 is 0 Å². The molecule has 0 radical (unpaired) electrons. The predicted molar refractivity (Wildman–Crippen MR) is 127 cm³/mol. The van der Waals surface area contributed by atoms with Crippen LogP contribution in [0.2, 0.25) is 0 Å². The van der Waals surface area contributed by atoms with Crippen LogP contribution in [0.5, 0.6) is 11.6 Å². The van der Waals surface area contributed by atoms with E-state index < -0.39 is 10.0 Å². The van der Waals surface area contributed by atoms with E-state index in [0.717, 1.165) is 10.4 Å². The molecule has 0 saturated heterocycles. The van der Waals surface area contributed by atoms with Crippen LogP contribution in [0.25, 0.3) is 0 Å². The van der Waals surface area contributed by atoms with Gasteiger partial charge in [0, 0.05) is 35.8 Å². The lowest BCUT2D eigenvalue weighted by molar-refractivity contribution is 0.0950. The van der Waals surface area contributed by atoms with Gasteiger partial charge in [0.1, 0.15) is 11.6 Å². The van der Waals surface area contributed by atoms with Gasteiger partial charge in [-0.2, -0.15) is 0 Å². The zero-order valence-corrected chi connectivity index (χ0v) is 19.4. The van der Waals surface area contributed by atoms with E-state index in [0.29, 0.717) is 17.2 Å². The fraction of sp³-hybridized carbons (Fsp3) is 0.0833. The lowest BCUT2D eigenvalue weighted by atomic mass is 10.2. The number of amides is 1. The molecule has 0 saturated carbocycles. The smallest absolute Gasteiger partial charge is 0.251 e. The van der Waals surface area contributed by atoms with Crippen LogP contribution in [-0.4, -0.2) is 19.3 Å². The number of nitrogens with zero attached hydrogens (tertiary/aromatic N) is 1. The first kappa shape index (κ1) is 23.6. The Morgan fingerprint density at radius 1 is 0.971 bits per heavy atom. The lowest BCUT2D eigenvalue weighted by Gasteiger charge is -2.09. The molecule has 174 valence electrons. The second-order valence-electron chi connectivity index (χ2n) is 7.17. The number of hydrogen-bond donors (Lipinski definition) is 2. The molecule has 0 aliphatic heterocycles. The third kappa shape index (κ3) is 6.25. The van der Waals surface area contributed by atoms with Crippen molar-refractivity contribution in [2.45, 2.75) is 18.0 Å². The maximum atomic E-state index is 13.0. The normalized spacial score (nSPS) is 11.2. The van der Waals surface area contributed by atoms with Crippen LogP contribution in [0.3, 0.4) is 0 Å². The number of nitrogens with one attached hydrogen (secondary N) is 2. The number of halogens is 1. The number of sulfonamides is 1. The molecule has 0 fully saturated rings. The van der Waals surface area contributed by atoms with Crippen molar-refractivity contribution in [2.75, 3.05) is 0 Å². The van der Waals surface area contributed by atoms with Crippen molar-refractivity contribution in [3.8, 4) is 11.6 Å². The van der Waals surface area contributed by atoms with Gasteiger partial charge < -0.3 is 10.1 Å². The Balaban J connectivity index is 1.30. The Labute approximate surface area is 200 Å². The fourth-order valence-corrected chi connectivity index (χ4v) is 4.67. The Morgan fingerprint density at radius 2 is 1.74 bits per heavy atom. The van der Waals surface area contributed by atoms with Crippen molar-refractivity contribution < 1.29 is 22.3 Å². The minimum absolute atomic E-state index is 0.0848. The molecule has 0 atom stereocenters. The van der Waals surface area contributed by atoms with Crippen LogP contribution in [0.15, 0.2) is 89.3 Å². The van der Waals surface area contributed by atoms with Crippen molar-refractivity contribution >= 4 is 27.3 Å². The van der Waals surface area contributed by atoms with Crippen molar-refractivity contribution in [1.29, 1.82) is 0 Å². The summed E-state index contributed by atoms with van der Waals surface area (Å²) >= 11 is 1.47. The fourth-order valence-electron chi connectivity index (χ4n) is 2.93. The maximum absolute atomic E-state index is 13.0. The maximum Gasteiger partial charge on any atom is 0.251 e. The average Bonchev–Trinajstić information content (AvgIpc) is 3.38. The first-order valence-corrected chi connectivity index (χ1v) is 12.5. The molecule has 0 spiro atoms. The molecule has 0 bridgehead atoms. The third-order valence-electron chi connectivity index (χ3n) is 4.73. The van der Waals surface area contributed by atoms with Crippen LogP contribution in [-0.2, 0) is 23.1 Å². The number of benzene rings is 2. The van der Waals surface area contributed by atoms with Gasteiger partial charge in [-0.1, -0.05) is 12.1 Å². The number of pyridine rings is 1. The summed E-state index contributed by atoms with van der Waals surface area (Å²) < 4.78 is 45.9. The molecule has 1 amide bonds. The number of rotatable bonds is 9. The van der Waals surface area contributed by atoms with Gasteiger partial charge in [-0.25, -0.2) is 22.5 Å². The minimum Gasteiger partial charge on any atom is -0.439 e. The second kappa shape index (κ2) is 10.6. The van der Waals surface area contributed by atoms with E-state index in [1.165, 1.54) is 59.9 Å². The standard InChI is InChI=1S/C24H20FN3O4S2/c25-19-6-8-20(9-7-19)32-23-12-3-17(14-26-23)15-27-24(29)18-4-10-22(11-5-18)34(30,31)28-16-21-2-1-13-33-21/h1-14,28H,15-16H2,(H,27,29). The molecular weight excluding hydrogens is 477 g/mol. The van der Waals surface area contributed by atoms with Gasteiger partial charge in [-0.3, -0.25) is 4.79 Å². The number of aromatic nitrogens is 1. The van der Waals surface area contributed by atoms with E-state index in [1.54, 1.807) is 18.3 Å². The van der Waals surface area contributed by atoms with E-state index in [2.05, 4.69) is 15.0 Å². The molecule has 0 aliphatic rings. The van der Waals surface area contributed by atoms with Gasteiger partial charge in [0.15, 0.2) is 0 Å². The molecule has 2 heterocycles. The van der Waals surface area contributed by atoms with Crippen molar-refractivity contribution in [1.82, 2.24) is 15.0 Å². The molecule has 7 nitrogen and oxygen atoms in total. The highest BCUT2D eigenvalue weighted by atomic mass is 32.2. The summed E-state index contributed by atoms with van der Waals surface area (Å²) in [6.07, 6.45) is 1.56. The van der Waals surface area contributed by atoms with Gasteiger partial charge in [0.05, 0.1) is 4.90 Å². The minimum atomic E-state index is -3.68. The number of hydrogen-bond acceptors (Lipinski definition) is 6. The highest BCUT2D eigenvalue weighted by molar-refractivity contribution is 7.89. The Morgan fingerprint density at radius 3 is 2.38 bits per heavy atom. The summed E-state index contributed by atoms with van der Waals surface area (Å²) in [6, 6.07) is 18.4. The van der Waals surface area contributed by atoms with Crippen LogP contribution in [0, 0.1) is 5.82 Å². The molecule has 4 rings (SSSR count). The predicted octanol–water partition coefficient (Wildman–Crippen LogP) is 4.48. The Bertz CT molecular complexity index is 1340. The summed E-state index contributed by atoms with van der Waals surface area (Å²) in [5, 5.41) is 4.65. The Kier molecular flexibility index (Phi) is 7.31. The number of carbonyl (C=O) groups is 1. The Hall–Kier alpha value is -3.60. The van der Waals surface area contributed by atoms with Crippen LogP contribution in [0.4, 0.5) is 4.39 Å². The summed E-state index contributed by atoms with van der Waals surface area (Å²) in [6.45, 7) is 0.440. The monoisotopic (exact) mass is 497 g/mol. The largest absolute Gasteiger partial charge is 0.439 e. The van der Waals surface area contributed by atoms with Gasteiger partial charge in [0.2, 0.25) is 15.9 Å². The molecule has 34 heavy (non-hydrogen) atoms. The first-order valence-electron chi connectivity index (χ1n) is 10.2. The van der Waals surface area contributed by atoms with E-state index in [9.17, 15) is 17.6 Å². The number of carbonyl (C=O) groups excluding carboxylic acids is 1. The second-order valence-corrected chi connectivity index (χ2v) is 9.97. The zero-order chi connectivity index (χ0) is 24.0. The van der Waals surface area contributed by atoms with Crippen LogP contribution in [0.1, 0.15) is 20.8 Å². The quantitative estimate of drug-likeness (QED) is 0.355. The van der Waals surface area contributed by atoms with Crippen molar-refractivity contribution in [3.05, 3.63) is 106 Å². The van der Waals surface area contributed by atoms with Crippen molar-refractivity contribution in [3.63, 3.8) is 0 Å². The third-order valence-corrected chi connectivity index (χ3v) is 7.02. The van der Waals surface area contributed by atoms with E-state index in [4.69, 9.17) is 4.74 Å². The summed E-state index contributed by atoms with van der Waals surface area (Å²) in [5.41, 5.74) is 1.08. The lowest BCUT2D eigenvalue weighted by Crippen LogP contribution is -2.24. The summed E-state index contributed by atoms with van der Waals surface area (Å²) in [5.74, 6) is 0.101. The highest BCUT2D eigenvalue weighted by Gasteiger charge is 2.15. The molecule has 2 aromatic carbocycles. The van der Waals surface area contributed by atoms with Gasteiger partial charge in [0.25, 0.3) is 5.91 Å². The van der Waals surface area contributed by atoms with Gasteiger partial charge in [-0.05, 0) is 65.5 Å². The van der Waals surface area contributed by atoms with E-state index in [1.807, 2.05) is 17.5 Å². The van der Waals surface area contributed by atoms with Crippen LogP contribution >= 0.6 is 11.3 Å². The number of thiophene rings is 1. The molecule has 2 aromatic heterocycles. The zero-order valence-electron chi connectivity index (χ0n) is 17.8. The average molecular weight is 498 g/mol. The van der Waals surface area contributed by atoms with Gasteiger partial charge in [-0.15, -0.1) is 11.3 Å². The van der Waals surface area contributed by atoms with Crippen LogP contribution < -0.4 is 14.8 Å². The molecule has 2 N–H and O–H groups in total. The SMILES string of the molecule is O=C(NCc1ccc(Oc2ccc(F)cc2)nc1)c1ccc(S(=O)(=O)NCc2cccs2)cc1. The van der Waals surface area contributed by atoms with Crippen molar-refractivity contribution in [2.24, 2.45) is 0 Å².